The highest BCUT2D eigenvalue weighted by atomic mass is 35.5. The Morgan fingerprint density at radius 1 is 1.24 bits per heavy atom. The highest BCUT2D eigenvalue weighted by molar-refractivity contribution is 5.92. The minimum atomic E-state index is -0.161. The number of amides is 1. The van der Waals surface area contributed by atoms with Crippen molar-refractivity contribution >= 4 is 18.3 Å². The van der Waals surface area contributed by atoms with Gasteiger partial charge in [-0.3, -0.25) is 9.48 Å². The quantitative estimate of drug-likeness (QED) is 0.673. The van der Waals surface area contributed by atoms with Gasteiger partial charge in [-0.15, -0.1) is 12.4 Å². The van der Waals surface area contributed by atoms with Crippen LogP contribution in [0.1, 0.15) is 46.3 Å². The van der Waals surface area contributed by atoms with Gasteiger partial charge in [0.05, 0.1) is 17.4 Å². The Kier molecular flexibility index (Phi) is 6.71. The van der Waals surface area contributed by atoms with Crippen LogP contribution in [0.15, 0.2) is 42.6 Å². The summed E-state index contributed by atoms with van der Waals surface area (Å²) in [6, 6.07) is 12.1. The largest absolute Gasteiger partial charge is 0.346 e. The smallest absolute Gasteiger partial charge is 0.272 e. The molecule has 0 saturated carbocycles. The maximum Gasteiger partial charge on any atom is 0.272 e. The summed E-state index contributed by atoms with van der Waals surface area (Å²) in [5.41, 5.74) is 4.48. The van der Waals surface area contributed by atoms with E-state index in [9.17, 15) is 4.79 Å². The van der Waals surface area contributed by atoms with Crippen molar-refractivity contribution in [1.29, 1.82) is 0 Å². The molecule has 0 bridgehead atoms. The Morgan fingerprint density at radius 2 is 2.07 bits per heavy atom. The van der Waals surface area contributed by atoms with Gasteiger partial charge in [0.25, 0.3) is 5.91 Å². The molecule has 1 unspecified atom stereocenters. The van der Waals surface area contributed by atoms with Gasteiger partial charge >= 0.3 is 0 Å². The zero-order valence-electron chi connectivity index (χ0n) is 16.8. The number of carbonyl (C=O) groups excluding carboxylic acids is 1. The van der Waals surface area contributed by atoms with Crippen molar-refractivity contribution in [2.75, 3.05) is 13.1 Å². The van der Waals surface area contributed by atoms with E-state index in [1.165, 1.54) is 0 Å². The van der Waals surface area contributed by atoms with Crippen LogP contribution in [0.2, 0.25) is 0 Å². The van der Waals surface area contributed by atoms with Crippen LogP contribution in [0, 0.1) is 13.8 Å². The summed E-state index contributed by atoms with van der Waals surface area (Å²) in [6.07, 6.45) is 4.12. The molecule has 0 aliphatic carbocycles. The zero-order valence-corrected chi connectivity index (χ0v) is 17.6. The summed E-state index contributed by atoms with van der Waals surface area (Å²) in [5, 5.41) is 15.4. The number of carbonyl (C=O) groups is 1. The van der Waals surface area contributed by atoms with Crippen molar-refractivity contribution in [1.82, 2.24) is 30.2 Å². The number of piperidine rings is 1. The van der Waals surface area contributed by atoms with E-state index in [0.29, 0.717) is 18.3 Å². The molecule has 4 rings (SSSR count). The number of aromatic nitrogens is 4. The van der Waals surface area contributed by atoms with Gasteiger partial charge in [-0.25, -0.2) is 4.68 Å². The first-order valence-corrected chi connectivity index (χ1v) is 9.77. The summed E-state index contributed by atoms with van der Waals surface area (Å²) in [6.45, 7) is 6.39. The van der Waals surface area contributed by atoms with E-state index in [1.54, 1.807) is 6.07 Å². The molecule has 1 aliphatic heterocycles. The minimum Gasteiger partial charge on any atom is -0.346 e. The summed E-state index contributed by atoms with van der Waals surface area (Å²) < 4.78 is 3.83. The molecular weight excluding hydrogens is 388 g/mol. The van der Waals surface area contributed by atoms with E-state index in [0.717, 1.165) is 48.6 Å². The molecule has 1 aromatic carbocycles. The normalized spacial score (nSPS) is 16.3. The highest BCUT2D eigenvalue weighted by Gasteiger charge is 2.18. The van der Waals surface area contributed by atoms with E-state index in [4.69, 9.17) is 0 Å². The molecule has 0 radical (unpaired) electrons. The van der Waals surface area contributed by atoms with Crippen molar-refractivity contribution in [2.24, 2.45) is 0 Å². The maximum atomic E-state index is 12.6. The lowest BCUT2D eigenvalue weighted by molar-refractivity contribution is 0.0944. The first kappa shape index (κ1) is 21.1. The molecular formula is C21H27ClN6O. The monoisotopic (exact) mass is 414 g/mol. The molecule has 1 saturated heterocycles. The Bertz CT molecular complexity index is 973. The highest BCUT2D eigenvalue weighted by Crippen LogP contribution is 2.18. The summed E-state index contributed by atoms with van der Waals surface area (Å²) >= 11 is 0. The van der Waals surface area contributed by atoms with Crippen LogP contribution in [0.5, 0.6) is 0 Å². The number of aryl methyl sites for hydroxylation is 2. The van der Waals surface area contributed by atoms with Crippen molar-refractivity contribution in [3.05, 3.63) is 65.2 Å². The van der Waals surface area contributed by atoms with Crippen molar-refractivity contribution in [2.45, 2.75) is 39.3 Å². The maximum absolute atomic E-state index is 12.6. The first-order chi connectivity index (χ1) is 13.6. The number of hydrogen-bond acceptors (Lipinski definition) is 4. The SMILES string of the molecule is Cc1cc(C)n(-c2ccccc2CNC(=O)c2ccn(C3CCCNC3)n2)n1.Cl. The van der Waals surface area contributed by atoms with E-state index in [1.807, 2.05) is 59.7 Å². The molecule has 2 aromatic heterocycles. The number of hydrogen-bond donors (Lipinski definition) is 2. The molecule has 1 fully saturated rings. The summed E-state index contributed by atoms with van der Waals surface area (Å²) in [7, 11) is 0. The van der Waals surface area contributed by atoms with Crippen molar-refractivity contribution < 1.29 is 4.79 Å². The van der Waals surface area contributed by atoms with Crippen LogP contribution < -0.4 is 10.6 Å². The Balaban J connectivity index is 0.00000240. The van der Waals surface area contributed by atoms with Gasteiger partial charge in [0, 0.05) is 25.0 Å². The number of halogens is 1. The van der Waals surface area contributed by atoms with Crippen LogP contribution in [0.4, 0.5) is 0 Å². The second-order valence-electron chi connectivity index (χ2n) is 7.33. The van der Waals surface area contributed by atoms with Gasteiger partial charge in [-0.05, 0) is 57.0 Å². The Hall–Kier alpha value is -2.64. The minimum absolute atomic E-state index is 0. The lowest BCUT2D eigenvalue weighted by Crippen LogP contribution is -2.32. The molecule has 8 heteroatoms. The summed E-state index contributed by atoms with van der Waals surface area (Å²) in [4.78, 5) is 12.6. The lowest BCUT2D eigenvalue weighted by Gasteiger charge is -2.22. The third kappa shape index (κ3) is 4.68. The van der Waals surface area contributed by atoms with Crippen LogP contribution in [0.25, 0.3) is 5.69 Å². The van der Waals surface area contributed by atoms with Crippen molar-refractivity contribution in [3.63, 3.8) is 0 Å². The fraction of sp³-hybridized carbons (Fsp3) is 0.381. The third-order valence-corrected chi connectivity index (χ3v) is 5.15. The lowest BCUT2D eigenvalue weighted by atomic mass is 10.1. The zero-order chi connectivity index (χ0) is 19.5. The molecule has 3 aromatic rings. The molecule has 1 atom stereocenters. The van der Waals surface area contributed by atoms with Gasteiger partial charge in [0.15, 0.2) is 0 Å². The van der Waals surface area contributed by atoms with Gasteiger partial charge in [-0.1, -0.05) is 18.2 Å². The predicted molar refractivity (Wildman–Crippen MR) is 115 cm³/mol. The Labute approximate surface area is 176 Å². The molecule has 3 heterocycles. The van der Waals surface area contributed by atoms with Crippen LogP contribution >= 0.6 is 12.4 Å². The average Bonchev–Trinajstić information content (AvgIpc) is 3.33. The fourth-order valence-electron chi connectivity index (χ4n) is 3.73. The number of benzene rings is 1. The topological polar surface area (TPSA) is 76.8 Å². The molecule has 29 heavy (non-hydrogen) atoms. The van der Waals surface area contributed by atoms with E-state index < -0.39 is 0 Å². The van der Waals surface area contributed by atoms with Gasteiger partial charge in [0.1, 0.15) is 5.69 Å². The van der Waals surface area contributed by atoms with E-state index in [-0.39, 0.29) is 18.3 Å². The summed E-state index contributed by atoms with van der Waals surface area (Å²) in [5.74, 6) is -0.161. The third-order valence-electron chi connectivity index (χ3n) is 5.15. The molecule has 154 valence electrons. The fourth-order valence-corrected chi connectivity index (χ4v) is 3.73. The predicted octanol–water partition coefficient (Wildman–Crippen LogP) is 2.96. The second kappa shape index (κ2) is 9.24. The molecule has 7 nitrogen and oxygen atoms in total. The van der Waals surface area contributed by atoms with Crippen molar-refractivity contribution in [3.8, 4) is 5.69 Å². The standard InChI is InChI=1S/C21H26N6O.ClH/c1-15-12-16(2)27(24-15)20-8-4-3-6-17(20)13-23-21(28)19-9-11-26(25-19)18-7-5-10-22-14-18;/h3-4,6,8-9,11-12,18,22H,5,7,10,13-14H2,1-2H3,(H,23,28);1H. The number of nitrogens with one attached hydrogen (secondary N) is 2. The molecule has 1 amide bonds. The molecule has 1 aliphatic rings. The number of nitrogens with zero attached hydrogens (tertiary/aromatic N) is 4. The van der Waals surface area contributed by atoms with Crippen LogP contribution in [0.3, 0.4) is 0 Å². The van der Waals surface area contributed by atoms with Crippen LogP contribution in [-0.4, -0.2) is 38.6 Å². The second-order valence-corrected chi connectivity index (χ2v) is 7.33. The van der Waals surface area contributed by atoms with E-state index >= 15 is 0 Å². The molecule has 0 spiro atoms. The number of rotatable bonds is 5. The molecule has 2 N–H and O–H groups in total. The number of para-hydroxylation sites is 1. The average molecular weight is 415 g/mol. The Morgan fingerprint density at radius 3 is 2.79 bits per heavy atom. The van der Waals surface area contributed by atoms with E-state index in [2.05, 4.69) is 20.8 Å². The van der Waals surface area contributed by atoms with Gasteiger partial charge < -0.3 is 10.6 Å². The van der Waals surface area contributed by atoms with Gasteiger partial charge in [0.2, 0.25) is 0 Å². The van der Waals surface area contributed by atoms with Crippen LogP contribution in [-0.2, 0) is 6.54 Å². The van der Waals surface area contributed by atoms with Gasteiger partial charge in [-0.2, -0.15) is 10.2 Å². The first-order valence-electron chi connectivity index (χ1n) is 9.77.